The highest BCUT2D eigenvalue weighted by Crippen LogP contribution is 2.29. The number of halogens is 1. The number of hydrogen-bond donors (Lipinski definition) is 2. The predicted octanol–water partition coefficient (Wildman–Crippen LogP) is 5.04. The second-order valence-electron chi connectivity index (χ2n) is 7.39. The van der Waals surface area contributed by atoms with Gasteiger partial charge < -0.3 is 9.84 Å². The number of carbonyl (C=O) groups is 1. The molecule has 0 saturated carbocycles. The van der Waals surface area contributed by atoms with Gasteiger partial charge in [-0.25, -0.2) is 5.43 Å². The van der Waals surface area contributed by atoms with E-state index in [4.69, 9.17) is 4.74 Å². The molecule has 0 radical (unpaired) electrons. The Labute approximate surface area is 215 Å². The second-order valence-corrected chi connectivity index (χ2v) is 9.25. The third kappa shape index (κ3) is 5.90. The number of aromatic hydroxyl groups is 1. The van der Waals surface area contributed by atoms with Crippen molar-refractivity contribution in [2.24, 2.45) is 5.10 Å². The molecule has 1 aromatic heterocycles. The fraction of sp³-hybridized carbons (Fsp3) is 0.120. The van der Waals surface area contributed by atoms with Crippen LogP contribution in [-0.2, 0) is 4.79 Å². The average molecular weight is 552 g/mol. The Morgan fingerprint density at radius 3 is 2.57 bits per heavy atom. The number of carbonyl (C=O) groups excluding carboxylic acids is 1. The zero-order valence-corrected chi connectivity index (χ0v) is 21.4. The summed E-state index contributed by atoms with van der Waals surface area (Å²) in [5.74, 6) is 0.867. The minimum atomic E-state index is -0.285. The van der Waals surface area contributed by atoms with E-state index in [-0.39, 0.29) is 17.4 Å². The molecular formula is C25H22BrN5O3S. The van der Waals surface area contributed by atoms with Gasteiger partial charge in [-0.3, -0.25) is 9.36 Å². The average Bonchev–Trinajstić information content (AvgIpc) is 3.31. The molecule has 1 amide bonds. The largest absolute Gasteiger partial charge is 0.504 e. The molecule has 2 N–H and O–H groups in total. The maximum atomic E-state index is 12.5. The predicted molar refractivity (Wildman–Crippen MR) is 140 cm³/mol. The lowest BCUT2D eigenvalue weighted by Gasteiger charge is -2.10. The molecule has 0 aliphatic heterocycles. The first-order valence-corrected chi connectivity index (χ1v) is 12.3. The number of thioether (sulfide) groups is 1. The number of ether oxygens (including phenoxy) is 1. The summed E-state index contributed by atoms with van der Waals surface area (Å²) in [6, 6.07) is 22.5. The fourth-order valence-corrected chi connectivity index (χ4v) is 4.24. The molecule has 0 bridgehead atoms. The molecule has 0 saturated heterocycles. The lowest BCUT2D eigenvalue weighted by atomic mass is 10.1. The van der Waals surface area contributed by atoms with Crippen molar-refractivity contribution in [2.45, 2.75) is 12.1 Å². The van der Waals surface area contributed by atoms with Crippen LogP contribution in [-0.4, -0.2) is 44.4 Å². The number of nitrogens with zero attached hydrogens (tertiary/aromatic N) is 4. The van der Waals surface area contributed by atoms with Crippen molar-refractivity contribution < 1.29 is 14.6 Å². The molecule has 4 rings (SSSR count). The number of phenolic OH excluding ortho intramolecular Hbond substituents is 1. The first kappa shape index (κ1) is 24.5. The van der Waals surface area contributed by atoms with Crippen LogP contribution in [0.1, 0.15) is 12.5 Å². The van der Waals surface area contributed by atoms with Crippen LogP contribution in [0, 0.1) is 0 Å². The molecule has 10 heteroatoms. The summed E-state index contributed by atoms with van der Waals surface area (Å²) in [5.41, 5.74) is 5.67. The Morgan fingerprint density at radius 2 is 1.86 bits per heavy atom. The Balaban J connectivity index is 1.50. The van der Waals surface area contributed by atoms with Crippen LogP contribution in [0.2, 0.25) is 0 Å². The quantitative estimate of drug-likeness (QED) is 0.180. The van der Waals surface area contributed by atoms with Gasteiger partial charge in [-0.15, -0.1) is 10.2 Å². The highest BCUT2D eigenvalue weighted by Gasteiger charge is 2.17. The van der Waals surface area contributed by atoms with Crippen molar-refractivity contribution in [1.82, 2.24) is 20.2 Å². The van der Waals surface area contributed by atoms with E-state index in [1.807, 2.05) is 59.2 Å². The summed E-state index contributed by atoms with van der Waals surface area (Å²) in [6.07, 6.45) is 0. The zero-order chi connectivity index (χ0) is 24.8. The minimum absolute atomic E-state index is 0.0363. The van der Waals surface area contributed by atoms with Crippen molar-refractivity contribution in [3.63, 3.8) is 0 Å². The maximum Gasteiger partial charge on any atom is 0.250 e. The number of phenols is 1. The molecular weight excluding hydrogens is 530 g/mol. The van der Waals surface area contributed by atoms with Crippen LogP contribution in [0.25, 0.3) is 17.1 Å². The molecule has 8 nitrogen and oxygen atoms in total. The standard InChI is InChI=1S/C25H22BrN5O3S/c1-16(18-8-13-21(32)22(14-18)34-2)27-28-23(33)15-35-25-30-29-24(17-6-4-3-5-7-17)31(25)20-11-9-19(26)10-12-20/h3-14,32H,15H2,1-2H3,(H,28,33)/b27-16-. The molecule has 3 aromatic carbocycles. The van der Waals surface area contributed by atoms with Gasteiger partial charge in [0.15, 0.2) is 22.5 Å². The van der Waals surface area contributed by atoms with E-state index in [1.54, 1.807) is 19.1 Å². The summed E-state index contributed by atoms with van der Waals surface area (Å²) >= 11 is 4.74. The molecule has 35 heavy (non-hydrogen) atoms. The third-order valence-electron chi connectivity index (χ3n) is 5.03. The summed E-state index contributed by atoms with van der Waals surface area (Å²) in [5, 5.41) is 23.2. The van der Waals surface area contributed by atoms with Crippen molar-refractivity contribution in [3.05, 3.63) is 82.8 Å². The van der Waals surface area contributed by atoms with Gasteiger partial charge in [0.05, 0.1) is 18.6 Å². The second kappa shape index (κ2) is 11.2. The van der Waals surface area contributed by atoms with Gasteiger partial charge in [-0.1, -0.05) is 58.0 Å². The number of amides is 1. The van der Waals surface area contributed by atoms with E-state index in [2.05, 4.69) is 36.7 Å². The minimum Gasteiger partial charge on any atom is -0.504 e. The molecule has 1 heterocycles. The molecule has 0 aliphatic rings. The topological polar surface area (TPSA) is 102 Å². The summed E-state index contributed by atoms with van der Waals surface area (Å²) < 4.78 is 8.01. The number of benzene rings is 3. The van der Waals surface area contributed by atoms with Crippen molar-refractivity contribution in [3.8, 4) is 28.6 Å². The van der Waals surface area contributed by atoms with E-state index >= 15 is 0 Å². The molecule has 0 unspecified atom stereocenters. The van der Waals surface area contributed by atoms with E-state index < -0.39 is 0 Å². The molecule has 4 aromatic rings. The van der Waals surface area contributed by atoms with Crippen LogP contribution in [0.15, 0.2) is 87.5 Å². The van der Waals surface area contributed by atoms with E-state index in [9.17, 15) is 9.90 Å². The summed E-state index contributed by atoms with van der Waals surface area (Å²) in [4.78, 5) is 12.5. The van der Waals surface area contributed by atoms with Gasteiger partial charge in [0.1, 0.15) is 0 Å². The van der Waals surface area contributed by atoms with E-state index in [1.165, 1.54) is 24.9 Å². The van der Waals surface area contributed by atoms with Crippen LogP contribution in [0.3, 0.4) is 0 Å². The third-order valence-corrected chi connectivity index (χ3v) is 6.49. The van der Waals surface area contributed by atoms with Crippen molar-refractivity contribution in [2.75, 3.05) is 12.9 Å². The first-order chi connectivity index (χ1) is 17.0. The van der Waals surface area contributed by atoms with Crippen LogP contribution < -0.4 is 10.2 Å². The highest BCUT2D eigenvalue weighted by molar-refractivity contribution is 9.10. The monoisotopic (exact) mass is 551 g/mol. The molecule has 0 spiro atoms. The number of methoxy groups -OCH3 is 1. The fourth-order valence-electron chi connectivity index (χ4n) is 3.24. The highest BCUT2D eigenvalue weighted by atomic mass is 79.9. The number of rotatable bonds is 8. The van der Waals surface area contributed by atoms with Gasteiger partial charge in [-0.2, -0.15) is 5.10 Å². The van der Waals surface area contributed by atoms with Crippen LogP contribution >= 0.6 is 27.7 Å². The Hall–Kier alpha value is -3.63. The lowest BCUT2D eigenvalue weighted by Crippen LogP contribution is -2.21. The molecule has 0 atom stereocenters. The van der Waals surface area contributed by atoms with Crippen molar-refractivity contribution in [1.29, 1.82) is 0 Å². The zero-order valence-electron chi connectivity index (χ0n) is 19.0. The van der Waals surface area contributed by atoms with Crippen LogP contribution in [0.5, 0.6) is 11.5 Å². The van der Waals surface area contributed by atoms with Gasteiger partial charge in [0.25, 0.3) is 5.91 Å². The summed E-state index contributed by atoms with van der Waals surface area (Å²) in [7, 11) is 1.47. The van der Waals surface area contributed by atoms with E-state index in [0.717, 1.165) is 21.3 Å². The van der Waals surface area contributed by atoms with Gasteiger partial charge in [0, 0.05) is 21.3 Å². The Bertz CT molecular complexity index is 1360. The van der Waals surface area contributed by atoms with E-state index in [0.29, 0.717) is 22.4 Å². The number of hydrogen-bond acceptors (Lipinski definition) is 7. The summed E-state index contributed by atoms with van der Waals surface area (Å²) in [6.45, 7) is 1.76. The van der Waals surface area contributed by atoms with Crippen LogP contribution in [0.4, 0.5) is 0 Å². The number of aromatic nitrogens is 3. The lowest BCUT2D eigenvalue weighted by molar-refractivity contribution is -0.118. The maximum absolute atomic E-state index is 12.5. The Kier molecular flexibility index (Phi) is 7.84. The molecule has 178 valence electrons. The van der Waals surface area contributed by atoms with Gasteiger partial charge in [-0.05, 0) is 49.4 Å². The number of hydrazone groups is 1. The normalized spacial score (nSPS) is 11.3. The SMILES string of the molecule is COc1cc(/C(C)=N\NC(=O)CSc2nnc(-c3ccccc3)n2-c2ccc(Br)cc2)ccc1O. The number of nitrogens with one attached hydrogen (secondary N) is 1. The molecule has 0 fully saturated rings. The smallest absolute Gasteiger partial charge is 0.250 e. The van der Waals surface area contributed by atoms with Gasteiger partial charge in [0.2, 0.25) is 0 Å². The Morgan fingerprint density at radius 1 is 1.11 bits per heavy atom. The van der Waals surface area contributed by atoms with Gasteiger partial charge >= 0.3 is 0 Å². The first-order valence-electron chi connectivity index (χ1n) is 10.6. The molecule has 0 aliphatic carbocycles. The van der Waals surface area contributed by atoms with Crippen molar-refractivity contribution >= 4 is 39.3 Å².